The maximum atomic E-state index is 14.8. The lowest BCUT2D eigenvalue weighted by Gasteiger charge is -2.33. The molecule has 1 aliphatic carbocycles. The molecule has 0 spiro atoms. The third-order valence-corrected chi connectivity index (χ3v) is 11.3. The summed E-state index contributed by atoms with van der Waals surface area (Å²) in [6.45, 7) is -0.885. The van der Waals surface area contributed by atoms with Crippen molar-refractivity contribution in [2.24, 2.45) is 11.8 Å². The standard InChI is InChI=1S/C30H29F10NO5S/c1-46-25(43)20-7-5-19(6-8-20)24(42)41-14-13-26(17-41,47(44,45)23-4-2-3-18(15-23)16-27(31,32)33)21-9-11-22(12-10-21)28(34,29(35,36)37)30(38,39)40/h2-4,9-12,15,19-20H,5-8,13-14,16-17H2,1H3. The number of benzene rings is 2. The Morgan fingerprint density at radius 3 is 1.91 bits per heavy atom. The summed E-state index contributed by atoms with van der Waals surface area (Å²) >= 11 is 0. The second-order valence-electron chi connectivity index (χ2n) is 11.7. The van der Waals surface area contributed by atoms with E-state index in [1.165, 1.54) is 12.0 Å². The second-order valence-corrected chi connectivity index (χ2v) is 14.0. The van der Waals surface area contributed by atoms with Gasteiger partial charge in [0.15, 0.2) is 9.84 Å². The number of hydrogen-bond acceptors (Lipinski definition) is 5. The zero-order valence-corrected chi connectivity index (χ0v) is 25.4. The molecule has 6 nitrogen and oxygen atoms in total. The lowest BCUT2D eigenvalue weighted by atomic mass is 9.81. The molecule has 47 heavy (non-hydrogen) atoms. The zero-order chi connectivity index (χ0) is 35.2. The van der Waals surface area contributed by atoms with Crippen molar-refractivity contribution in [3.63, 3.8) is 0 Å². The normalized spacial score (nSPS) is 23.1. The highest BCUT2D eigenvalue weighted by Crippen LogP contribution is 2.54. The minimum atomic E-state index is -6.43. The van der Waals surface area contributed by atoms with Crippen molar-refractivity contribution in [3.05, 3.63) is 65.2 Å². The number of hydrogen-bond donors (Lipinski definition) is 0. The lowest BCUT2D eigenvalue weighted by molar-refractivity contribution is -0.348. The number of nitrogens with zero attached hydrogens (tertiary/aromatic N) is 1. The van der Waals surface area contributed by atoms with Crippen molar-refractivity contribution in [1.29, 1.82) is 0 Å². The SMILES string of the molecule is COC(=O)C1CCC(C(=O)N2CCC(c3ccc(C(F)(C(F)(F)F)C(F)(F)F)cc3)(S(=O)(=O)c3cccc(CC(F)(F)F)c3)C2)CC1. The predicted octanol–water partition coefficient (Wildman–Crippen LogP) is 6.96. The number of sulfone groups is 1. The fourth-order valence-corrected chi connectivity index (χ4v) is 8.50. The van der Waals surface area contributed by atoms with Crippen LogP contribution in [0.25, 0.3) is 0 Å². The molecule has 0 bridgehead atoms. The zero-order valence-electron chi connectivity index (χ0n) is 24.6. The first-order chi connectivity index (χ1) is 21.6. The molecule has 1 unspecified atom stereocenters. The van der Waals surface area contributed by atoms with Crippen LogP contribution in [0, 0.1) is 11.8 Å². The van der Waals surface area contributed by atoms with Gasteiger partial charge in [-0.25, -0.2) is 12.8 Å². The average Bonchev–Trinajstić information content (AvgIpc) is 3.46. The number of methoxy groups -OCH3 is 1. The Balaban J connectivity index is 1.76. The molecule has 4 rings (SSSR count). The molecule has 1 saturated heterocycles. The van der Waals surface area contributed by atoms with Gasteiger partial charge >= 0.3 is 30.2 Å². The molecule has 1 amide bonds. The van der Waals surface area contributed by atoms with Crippen LogP contribution < -0.4 is 0 Å². The molecule has 2 fully saturated rings. The molecule has 1 atom stereocenters. The van der Waals surface area contributed by atoms with E-state index in [-0.39, 0.29) is 37.1 Å². The number of esters is 1. The van der Waals surface area contributed by atoms with Crippen molar-refractivity contribution in [2.75, 3.05) is 20.2 Å². The maximum Gasteiger partial charge on any atom is 0.435 e. The Morgan fingerprint density at radius 2 is 1.40 bits per heavy atom. The number of carbonyl (C=O) groups is 2. The topological polar surface area (TPSA) is 80.8 Å². The third kappa shape index (κ3) is 6.81. The summed E-state index contributed by atoms with van der Waals surface area (Å²) in [4.78, 5) is 26.0. The molecule has 1 aliphatic heterocycles. The molecule has 0 radical (unpaired) electrons. The Morgan fingerprint density at radius 1 is 0.851 bits per heavy atom. The van der Waals surface area contributed by atoms with Gasteiger partial charge in [-0.05, 0) is 55.4 Å². The lowest BCUT2D eigenvalue weighted by Crippen LogP contribution is -2.50. The Labute approximate surface area is 263 Å². The number of halogens is 10. The quantitative estimate of drug-likeness (QED) is 0.230. The van der Waals surface area contributed by atoms with E-state index in [0.717, 1.165) is 24.3 Å². The first-order valence-electron chi connectivity index (χ1n) is 14.3. The minimum absolute atomic E-state index is 0.159. The van der Waals surface area contributed by atoms with Crippen LogP contribution in [0.3, 0.4) is 0 Å². The van der Waals surface area contributed by atoms with Gasteiger partial charge in [-0.1, -0.05) is 36.4 Å². The van der Waals surface area contributed by atoms with E-state index >= 15 is 0 Å². The van der Waals surface area contributed by atoms with Gasteiger partial charge < -0.3 is 9.64 Å². The Hall–Kier alpha value is -3.37. The van der Waals surface area contributed by atoms with Gasteiger partial charge in [0.2, 0.25) is 5.91 Å². The summed E-state index contributed by atoms with van der Waals surface area (Å²) in [5, 5.41) is 0. The molecular formula is C30H29F10NO5S. The van der Waals surface area contributed by atoms with Gasteiger partial charge in [-0.2, -0.15) is 39.5 Å². The molecule has 2 aliphatic rings. The summed E-state index contributed by atoms with van der Waals surface area (Å²) in [6.07, 6.45) is -18.4. The average molecular weight is 706 g/mol. The summed E-state index contributed by atoms with van der Waals surface area (Å²) in [7, 11) is -3.60. The molecule has 2 aromatic carbocycles. The minimum Gasteiger partial charge on any atom is -0.469 e. The Kier molecular flexibility index (Phi) is 9.76. The van der Waals surface area contributed by atoms with E-state index in [1.807, 2.05) is 0 Å². The number of ether oxygens (including phenoxy) is 1. The maximum absolute atomic E-state index is 14.8. The Bertz CT molecular complexity index is 1570. The summed E-state index contributed by atoms with van der Waals surface area (Å²) in [5.41, 5.74) is -8.49. The smallest absolute Gasteiger partial charge is 0.435 e. The number of rotatable bonds is 7. The van der Waals surface area contributed by atoms with Gasteiger partial charge in [0.25, 0.3) is 0 Å². The van der Waals surface area contributed by atoms with Crippen LogP contribution in [0.15, 0.2) is 53.4 Å². The van der Waals surface area contributed by atoms with E-state index in [1.54, 1.807) is 0 Å². The third-order valence-electron chi connectivity index (χ3n) is 8.87. The van der Waals surface area contributed by atoms with Gasteiger partial charge in [-0.3, -0.25) is 9.59 Å². The molecule has 260 valence electrons. The largest absolute Gasteiger partial charge is 0.469 e. The van der Waals surface area contributed by atoms with Crippen LogP contribution in [-0.4, -0.2) is 63.9 Å². The van der Waals surface area contributed by atoms with Gasteiger partial charge in [0, 0.05) is 24.6 Å². The van der Waals surface area contributed by atoms with Crippen LogP contribution >= 0.6 is 0 Å². The fraction of sp³-hybridized carbons (Fsp3) is 0.533. The fourth-order valence-electron chi connectivity index (χ4n) is 6.35. The highest BCUT2D eigenvalue weighted by molar-refractivity contribution is 7.92. The molecule has 0 N–H and O–H groups in total. The summed E-state index contributed by atoms with van der Waals surface area (Å²) in [6, 6.07) is 5.33. The van der Waals surface area contributed by atoms with Crippen LogP contribution in [0.4, 0.5) is 43.9 Å². The monoisotopic (exact) mass is 705 g/mol. The van der Waals surface area contributed by atoms with Gasteiger partial charge in [0.05, 0.1) is 24.3 Å². The van der Waals surface area contributed by atoms with Crippen molar-refractivity contribution >= 4 is 21.7 Å². The highest BCUT2D eigenvalue weighted by atomic mass is 32.2. The van der Waals surface area contributed by atoms with Crippen molar-refractivity contribution < 1.29 is 66.6 Å². The summed E-state index contributed by atoms with van der Waals surface area (Å²) in [5.74, 6) is -2.05. The number of carbonyl (C=O) groups excluding carboxylic acids is 2. The van der Waals surface area contributed by atoms with E-state index in [2.05, 4.69) is 0 Å². The molecule has 17 heteroatoms. The van der Waals surface area contributed by atoms with Crippen LogP contribution in [-0.2, 0) is 41.0 Å². The molecule has 1 saturated carbocycles. The first-order valence-corrected chi connectivity index (χ1v) is 15.8. The molecule has 2 aromatic rings. The number of likely N-dealkylation sites (tertiary alicyclic amines) is 1. The first kappa shape index (κ1) is 36.5. The van der Waals surface area contributed by atoms with E-state index in [9.17, 15) is 61.9 Å². The number of amides is 1. The van der Waals surface area contributed by atoms with Crippen LogP contribution in [0.1, 0.15) is 48.8 Å². The summed E-state index contributed by atoms with van der Waals surface area (Å²) < 4.78 is 165. The van der Waals surface area contributed by atoms with E-state index in [4.69, 9.17) is 4.74 Å². The van der Waals surface area contributed by atoms with Gasteiger partial charge in [0.1, 0.15) is 4.75 Å². The highest BCUT2D eigenvalue weighted by Gasteiger charge is 2.73. The second kappa shape index (κ2) is 12.6. The molecule has 1 heterocycles. The molecule has 0 aromatic heterocycles. The molecular weight excluding hydrogens is 676 g/mol. The van der Waals surface area contributed by atoms with Crippen LogP contribution in [0.5, 0.6) is 0 Å². The van der Waals surface area contributed by atoms with E-state index < -0.39 is 97.9 Å². The van der Waals surface area contributed by atoms with Crippen molar-refractivity contribution in [2.45, 2.75) is 72.4 Å². The number of alkyl halides is 10. The van der Waals surface area contributed by atoms with Crippen molar-refractivity contribution in [1.82, 2.24) is 4.90 Å². The predicted molar refractivity (Wildman–Crippen MR) is 145 cm³/mol. The van der Waals surface area contributed by atoms with E-state index in [0.29, 0.717) is 25.0 Å². The van der Waals surface area contributed by atoms with Crippen LogP contribution in [0.2, 0.25) is 0 Å². The van der Waals surface area contributed by atoms with Crippen molar-refractivity contribution in [3.8, 4) is 0 Å². The van der Waals surface area contributed by atoms with Gasteiger partial charge in [-0.15, -0.1) is 0 Å².